The first-order chi connectivity index (χ1) is 27.4. The summed E-state index contributed by atoms with van der Waals surface area (Å²) in [4.78, 5) is 0. The number of fused-ring (bicyclic) bond motifs is 3. The minimum atomic E-state index is -5.30. The van der Waals surface area contributed by atoms with Gasteiger partial charge in [-0.3, -0.25) is 0 Å². The zero-order valence-corrected chi connectivity index (χ0v) is 42.1. The molecule has 0 bridgehead atoms. The van der Waals surface area contributed by atoms with Crippen LogP contribution in [0.4, 0.5) is 0 Å². The molecule has 3 heteroatoms. The summed E-state index contributed by atoms with van der Waals surface area (Å²) in [6.07, 6.45) is 7.20. The minimum absolute atomic E-state index is 0. The van der Waals surface area contributed by atoms with Crippen LogP contribution in [0.15, 0.2) is 124 Å². The quantitative estimate of drug-likeness (QED) is 0.149. The molecule has 0 aliphatic heterocycles. The number of rotatable bonds is 7. The van der Waals surface area contributed by atoms with Crippen LogP contribution in [0.5, 0.6) is 0 Å². The first-order valence-corrected chi connectivity index (χ1v) is 28.2. The fourth-order valence-electron chi connectivity index (χ4n) is 11.3. The van der Waals surface area contributed by atoms with Gasteiger partial charge < -0.3 is 0 Å². The zero-order valence-electron chi connectivity index (χ0n) is 38.0. The summed E-state index contributed by atoms with van der Waals surface area (Å²) < 4.78 is 12.0. The summed E-state index contributed by atoms with van der Waals surface area (Å²) in [6.45, 7) is 27.6. The van der Waals surface area contributed by atoms with Crippen molar-refractivity contribution in [3.05, 3.63) is 180 Å². The standard InChI is InChI=1S/C31H29.C11H17.2C7H7.CH2.2ClH.Zr/c1-18-11-20(3)30(21(4)12-18)24-7-9-28-26(15-24)17-27-16-25(8-10-29(27)28)31-22(5)13-19(2)14-23(31)6;1-5-9-6-7-10(8-9)11(2,3)4;2*1-7-5-3-2-4-6-7;;;;/h7-15H,17H2,1-6H3;7-9H,5H2,1-4H3;2*3-6H,1H3;1H2;2*1H;. The average molecular weight is 911 g/mol. The monoisotopic (exact) mass is 908 g/mol. The number of allylic oxidation sites excluding steroid dienone is 4. The van der Waals surface area contributed by atoms with Crippen molar-refractivity contribution in [3.8, 4) is 33.4 Å². The summed E-state index contributed by atoms with van der Waals surface area (Å²) in [5.41, 5.74) is 23.0. The Morgan fingerprint density at radius 1 is 0.567 bits per heavy atom. The Hall–Kier alpha value is -3.87. The zero-order chi connectivity index (χ0) is 41.5. The van der Waals surface area contributed by atoms with Crippen molar-refractivity contribution in [2.45, 2.75) is 95.9 Å². The maximum absolute atomic E-state index is 6.08. The molecule has 1 unspecified atom stereocenters. The summed E-state index contributed by atoms with van der Waals surface area (Å²) in [5, 5.41) is 0. The van der Waals surface area contributed by atoms with E-state index in [2.05, 4.69) is 198 Å². The average Bonchev–Trinajstić information content (AvgIpc) is 3.77. The van der Waals surface area contributed by atoms with E-state index in [0.717, 1.165) is 12.8 Å². The molecular weight excluding hydrogens is 847 g/mol. The van der Waals surface area contributed by atoms with E-state index in [9.17, 15) is 0 Å². The van der Waals surface area contributed by atoms with Crippen LogP contribution < -0.4 is 9.81 Å². The van der Waals surface area contributed by atoms with Gasteiger partial charge in [0.1, 0.15) is 0 Å². The number of aryl methyl sites for hydroxylation is 8. The Kier molecular flexibility index (Phi) is 12.5. The maximum atomic E-state index is 6.08. The molecule has 0 heterocycles. The van der Waals surface area contributed by atoms with Crippen LogP contribution in [0.2, 0.25) is 0 Å². The molecule has 0 amide bonds. The summed E-state index contributed by atoms with van der Waals surface area (Å²) >= 11 is -5.30. The van der Waals surface area contributed by atoms with Crippen LogP contribution in [-0.2, 0) is 24.7 Å². The van der Waals surface area contributed by atoms with Gasteiger partial charge in [-0.2, -0.15) is 0 Å². The summed E-state index contributed by atoms with van der Waals surface area (Å²) in [6, 6.07) is 41.1. The van der Waals surface area contributed by atoms with Gasteiger partial charge in [0, 0.05) is 0 Å². The molecule has 0 aromatic heterocycles. The Morgan fingerprint density at radius 3 is 1.52 bits per heavy atom. The van der Waals surface area contributed by atoms with Crippen molar-refractivity contribution in [2.75, 3.05) is 0 Å². The van der Waals surface area contributed by atoms with Crippen LogP contribution in [-0.4, -0.2) is 4.21 Å². The third-order valence-electron chi connectivity index (χ3n) is 14.0. The second-order valence-corrected chi connectivity index (χ2v) is 31.9. The van der Waals surface area contributed by atoms with E-state index in [0.29, 0.717) is 0 Å². The molecule has 0 nitrogen and oxygen atoms in total. The molecule has 8 rings (SSSR count). The van der Waals surface area contributed by atoms with Crippen molar-refractivity contribution >= 4 is 38.8 Å². The Balaban J connectivity index is 0.00000302. The molecule has 0 spiro atoms. The normalized spacial score (nSPS) is 14.8. The molecule has 0 radical (unpaired) electrons. The van der Waals surface area contributed by atoms with E-state index >= 15 is 0 Å². The Labute approximate surface area is 374 Å². The molecule has 2 aliphatic rings. The van der Waals surface area contributed by atoms with E-state index in [1.165, 1.54) is 104 Å². The van der Waals surface area contributed by atoms with E-state index in [1.807, 2.05) is 0 Å². The van der Waals surface area contributed by atoms with Crippen LogP contribution in [0.1, 0.15) is 89.8 Å². The molecular formula is C57H64Cl2Zr. The number of hydrogen-bond acceptors (Lipinski definition) is 0. The van der Waals surface area contributed by atoms with Gasteiger partial charge in [-0.05, 0) is 0 Å². The molecule has 0 N–H and O–H groups in total. The Bertz CT molecular complexity index is 2690. The summed E-state index contributed by atoms with van der Waals surface area (Å²) in [5.74, 6) is 0.284. The third kappa shape index (κ3) is 7.16. The first-order valence-electron chi connectivity index (χ1n) is 21.5. The molecule has 6 aromatic rings. The predicted molar refractivity (Wildman–Crippen MR) is 266 cm³/mol. The fourth-order valence-corrected chi connectivity index (χ4v) is 28.4. The van der Waals surface area contributed by atoms with Crippen LogP contribution in [0.3, 0.4) is 0 Å². The molecule has 0 saturated heterocycles. The van der Waals surface area contributed by atoms with Gasteiger partial charge in [0.25, 0.3) is 0 Å². The molecule has 1 atom stereocenters. The van der Waals surface area contributed by atoms with Crippen LogP contribution >= 0.6 is 24.8 Å². The van der Waals surface area contributed by atoms with Gasteiger partial charge in [-0.1, -0.05) is 0 Å². The van der Waals surface area contributed by atoms with Crippen molar-refractivity contribution in [3.63, 3.8) is 0 Å². The topological polar surface area (TPSA) is 0 Å². The van der Waals surface area contributed by atoms with Crippen molar-refractivity contribution < 1.29 is 18.3 Å². The van der Waals surface area contributed by atoms with E-state index in [4.69, 9.17) is 4.21 Å². The van der Waals surface area contributed by atoms with Crippen LogP contribution in [0.25, 0.3) is 33.4 Å². The predicted octanol–water partition coefficient (Wildman–Crippen LogP) is 14.2. The molecule has 6 aromatic carbocycles. The van der Waals surface area contributed by atoms with Crippen molar-refractivity contribution in [1.82, 2.24) is 0 Å². The number of hydrogen-bond donors (Lipinski definition) is 0. The summed E-state index contributed by atoms with van der Waals surface area (Å²) in [7, 11) is 0. The van der Waals surface area contributed by atoms with Gasteiger partial charge in [-0.15, -0.1) is 24.8 Å². The fraction of sp³-hybridized carbons (Fsp3) is 0.281. The molecule has 0 fully saturated rings. The SMILES string of the molecule is Cl.Cl.[CH2]=[Zr]([C]1=CC(C(C)(C)C)=CC1CC)([c]1ccc(C)cc1)([c]1ccc(C)cc1)[c]1c(-c2c(C)cc(C)cc2C)ccc2c1Cc1cc(-c3c(C)cc(C)cc3C)ccc1-2. The van der Waals surface area contributed by atoms with E-state index < -0.39 is 18.3 Å². The second kappa shape index (κ2) is 16.4. The number of halogens is 2. The number of benzene rings is 6. The van der Waals surface area contributed by atoms with Crippen molar-refractivity contribution in [2.24, 2.45) is 11.3 Å². The van der Waals surface area contributed by atoms with Gasteiger partial charge >= 0.3 is 353 Å². The first kappa shape index (κ1) is 45.7. The second-order valence-electron chi connectivity index (χ2n) is 19.3. The van der Waals surface area contributed by atoms with E-state index in [-0.39, 0.29) is 36.1 Å². The molecule has 60 heavy (non-hydrogen) atoms. The van der Waals surface area contributed by atoms with E-state index in [1.54, 1.807) is 3.28 Å². The third-order valence-corrected chi connectivity index (χ3v) is 30.4. The van der Waals surface area contributed by atoms with Crippen LogP contribution in [0, 0.1) is 66.7 Å². The van der Waals surface area contributed by atoms with Gasteiger partial charge in [0.05, 0.1) is 0 Å². The molecule has 0 saturated carbocycles. The Morgan fingerprint density at radius 2 is 1.03 bits per heavy atom. The van der Waals surface area contributed by atoms with Gasteiger partial charge in [-0.25, -0.2) is 0 Å². The van der Waals surface area contributed by atoms with Gasteiger partial charge in [0.2, 0.25) is 0 Å². The molecule has 2 aliphatic carbocycles. The van der Waals surface area contributed by atoms with Crippen molar-refractivity contribution in [1.29, 1.82) is 0 Å². The molecule has 310 valence electrons. The van der Waals surface area contributed by atoms with Gasteiger partial charge in [0.15, 0.2) is 0 Å².